The maximum atomic E-state index is 11.9. The van der Waals surface area contributed by atoms with E-state index in [1.54, 1.807) is 0 Å². The average Bonchev–Trinajstić information content (AvgIpc) is 2.58. The summed E-state index contributed by atoms with van der Waals surface area (Å²) in [5.41, 5.74) is 9.86. The summed E-state index contributed by atoms with van der Waals surface area (Å²) >= 11 is 0. The van der Waals surface area contributed by atoms with Gasteiger partial charge in [-0.3, -0.25) is 4.79 Å². The maximum absolute atomic E-state index is 11.9. The number of nitrogens with two attached hydrogens (primary N) is 1. The van der Waals surface area contributed by atoms with Crippen LogP contribution in [0.1, 0.15) is 30.0 Å². The number of nitrogen functional groups attached to an aromatic ring is 1. The summed E-state index contributed by atoms with van der Waals surface area (Å²) in [6.45, 7) is 3.86. The predicted octanol–water partition coefficient (Wildman–Crippen LogP) is 3.05. The highest BCUT2D eigenvalue weighted by Gasteiger charge is 2.04. The van der Waals surface area contributed by atoms with Crippen molar-refractivity contribution in [1.82, 2.24) is 5.32 Å². The average molecular weight is 312 g/mol. The minimum atomic E-state index is 0.0339. The van der Waals surface area contributed by atoms with E-state index in [0.29, 0.717) is 32.6 Å². The lowest BCUT2D eigenvalue weighted by atomic mass is 10.1. The monoisotopic (exact) mass is 312 g/mol. The fraction of sp³-hybridized carbons (Fsp3) is 0.316. The van der Waals surface area contributed by atoms with Crippen LogP contribution in [0.15, 0.2) is 48.5 Å². The zero-order valence-electron chi connectivity index (χ0n) is 13.5. The minimum absolute atomic E-state index is 0.0339. The van der Waals surface area contributed by atoms with E-state index in [2.05, 4.69) is 5.32 Å². The Hall–Kier alpha value is -2.33. The van der Waals surface area contributed by atoms with Gasteiger partial charge in [0.05, 0.1) is 6.61 Å². The van der Waals surface area contributed by atoms with E-state index < -0.39 is 0 Å². The second kappa shape index (κ2) is 8.96. The Labute approximate surface area is 137 Å². The van der Waals surface area contributed by atoms with Gasteiger partial charge in [0, 0.05) is 25.3 Å². The zero-order valence-corrected chi connectivity index (χ0v) is 13.5. The van der Waals surface area contributed by atoms with Crippen molar-refractivity contribution in [2.45, 2.75) is 32.9 Å². The van der Waals surface area contributed by atoms with Crippen molar-refractivity contribution in [3.63, 3.8) is 0 Å². The number of ether oxygens (including phenoxy) is 1. The molecule has 0 aromatic heterocycles. The van der Waals surface area contributed by atoms with Crippen molar-refractivity contribution in [2.24, 2.45) is 0 Å². The first-order valence-corrected chi connectivity index (χ1v) is 7.94. The second-order valence-corrected chi connectivity index (χ2v) is 5.43. The number of carbonyl (C=O) groups is 1. The molecule has 0 bridgehead atoms. The van der Waals surface area contributed by atoms with Crippen LogP contribution in [0.2, 0.25) is 0 Å². The number of amides is 1. The largest absolute Gasteiger partial charge is 0.399 e. The summed E-state index contributed by atoms with van der Waals surface area (Å²) in [6, 6.07) is 15.7. The summed E-state index contributed by atoms with van der Waals surface area (Å²) in [4.78, 5) is 11.9. The third kappa shape index (κ3) is 5.75. The van der Waals surface area contributed by atoms with E-state index in [1.165, 1.54) is 0 Å². The maximum Gasteiger partial charge on any atom is 0.220 e. The summed E-state index contributed by atoms with van der Waals surface area (Å²) in [5, 5.41) is 2.94. The van der Waals surface area contributed by atoms with Crippen LogP contribution in [0, 0.1) is 0 Å². The van der Waals surface area contributed by atoms with Crippen molar-refractivity contribution >= 4 is 11.6 Å². The SMILES string of the molecule is CCOCc1ccc(CNC(=O)CCc2ccccc2N)cc1. The Kier molecular flexibility index (Phi) is 6.63. The molecule has 2 rings (SSSR count). The topological polar surface area (TPSA) is 64.3 Å². The molecule has 0 unspecified atom stereocenters. The molecule has 4 heteroatoms. The minimum Gasteiger partial charge on any atom is -0.399 e. The Morgan fingerprint density at radius 3 is 2.48 bits per heavy atom. The van der Waals surface area contributed by atoms with Crippen LogP contribution < -0.4 is 11.1 Å². The van der Waals surface area contributed by atoms with Gasteiger partial charge in [0.1, 0.15) is 0 Å². The van der Waals surface area contributed by atoms with Crippen LogP contribution in [0.4, 0.5) is 5.69 Å². The summed E-state index contributed by atoms with van der Waals surface area (Å²) in [7, 11) is 0. The molecule has 23 heavy (non-hydrogen) atoms. The highest BCUT2D eigenvalue weighted by atomic mass is 16.5. The van der Waals surface area contributed by atoms with E-state index in [4.69, 9.17) is 10.5 Å². The van der Waals surface area contributed by atoms with Gasteiger partial charge in [0.2, 0.25) is 5.91 Å². The summed E-state index contributed by atoms with van der Waals surface area (Å²) in [6.07, 6.45) is 1.10. The third-order valence-corrected chi connectivity index (χ3v) is 3.66. The highest BCUT2D eigenvalue weighted by molar-refractivity contribution is 5.76. The molecule has 4 nitrogen and oxygen atoms in total. The lowest BCUT2D eigenvalue weighted by molar-refractivity contribution is -0.121. The number of para-hydroxylation sites is 1. The molecule has 0 heterocycles. The number of benzene rings is 2. The molecule has 0 saturated carbocycles. The number of hydrogen-bond acceptors (Lipinski definition) is 3. The van der Waals surface area contributed by atoms with E-state index in [-0.39, 0.29) is 5.91 Å². The molecule has 2 aromatic rings. The van der Waals surface area contributed by atoms with Gasteiger partial charge >= 0.3 is 0 Å². The summed E-state index contributed by atoms with van der Waals surface area (Å²) < 4.78 is 5.36. The lowest BCUT2D eigenvalue weighted by Gasteiger charge is -2.08. The van der Waals surface area contributed by atoms with Gasteiger partial charge in [-0.05, 0) is 36.1 Å². The van der Waals surface area contributed by atoms with Gasteiger partial charge < -0.3 is 15.8 Å². The van der Waals surface area contributed by atoms with Gasteiger partial charge in [-0.2, -0.15) is 0 Å². The van der Waals surface area contributed by atoms with Crippen LogP contribution in [0.3, 0.4) is 0 Å². The molecule has 0 radical (unpaired) electrons. The highest BCUT2D eigenvalue weighted by Crippen LogP contribution is 2.12. The van der Waals surface area contributed by atoms with E-state index >= 15 is 0 Å². The molecule has 0 saturated heterocycles. The molecule has 0 aliphatic rings. The van der Waals surface area contributed by atoms with Gasteiger partial charge in [-0.15, -0.1) is 0 Å². The number of hydrogen-bond donors (Lipinski definition) is 2. The molecule has 2 aromatic carbocycles. The van der Waals surface area contributed by atoms with Crippen molar-refractivity contribution < 1.29 is 9.53 Å². The van der Waals surface area contributed by atoms with E-state index in [0.717, 1.165) is 22.4 Å². The third-order valence-electron chi connectivity index (χ3n) is 3.66. The van der Waals surface area contributed by atoms with Crippen molar-refractivity contribution in [1.29, 1.82) is 0 Å². The molecule has 0 fully saturated rings. The smallest absolute Gasteiger partial charge is 0.220 e. The first kappa shape index (κ1) is 17.0. The predicted molar refractivity (Wildman–Crippen MR) is 92.8 cm³/mol. The Morgan fingerprint density at radius 1 is 1.09 bits per heavy atom. The van der Waals surface area contributed by atoms with Crippen molar-refractivity contribution in [2.75, 3.05) is 12.3 Å². The molecule has 0 aliphatic carbocycles. The quantitative estimate of drug-likeness (QED) is 0.736. The molecular formula is C19H24N2O2. The van der Waals surface area contributed by atoms with Crippen LogP contribution in [0.25, 0.3) is 0 Å². The Morgan fingerprint density at radius 2 is 1.78 bits per heavy atom. The molecule has 0 aliphatic heterocycles. The normalized spacial score (nSPS) is 10.5. The van der Waals surface area contributed by atoms with Crippen molar-refractivity contribution in [3.8, 4) is 0 Å². The fourth-order valence-corrected chi connectivity index (χ4v) is 2.27. The molecule has 122 valence electrons. The number of rotatable bonds is 8. The second-order valence-electron chi connectivity index (χ2n) is 5.43. The molecule has 0 atom stereocenters. The van der Waals surface area contributed by atoms with Gasteiger partial charge in [-0.1, -0.05) is 42.5 Å². The van der Waals surface area contributed by atoms with Gasteiger partial charge in [0.25, 0.3) is 0 Å². The standard InChI is InChI=1S/C19H24N2O2/c1-2-23-14-16-9-7-15(8-10-16)13-21-19(22)12-11-17-5-3-4-6-18(17)20/h3-10H,2,11-14,20H2,1H3,(H,21,22). The van der Waals surface area contributed by atoms with E-state index in [9.17, 15) is 4.79 Å². The molecule has 1 amide bonds. The number of aryl methyl sites for hydroxylation is 1. The first-order valence-electron chi connectivity index (χ1n) is 7.94. The van der Waals surface area contributed by atoms with Crippen LogP contribution in [-0.4, -0.2) is 12.5 Å². The van der Waals surface area contributed by atoms with Crippen molar-refractivity contribution in [3.05, 3.63) is 65.2 Å². The number of nitrogens with one attached hydrogen (secondary N) is 1. The molecular weight excluding hydrogens is 288 g/mol. The fourth-order valence-electron chi connectivity index (χ4n) is 2.27. The Balaban J connectivity index is 1.75. The van der Waals surface area contributed by atoms with Gasteiger partial charge in [-0.25, -0.2) is 0 Å². The molecule has 0 spiro atoms. The van der Waals surface area contributed by atoms with Crippen LogP contribution in [-0.2, 0) is 29.1 Å². The summed E-state index contributed by atoms with van der Waals surface area (Å²) in [5.74, 6) is 0.0339. The molecule has 3 N–H and O–H groups in total. The Bertz CT molecular complexity index is 624. The number of carbonyl (C=O) groups excluding carboxylic acids is 1. The zero-order chi connectivity index (χ0) is 16.5. The van der Waals surface area contributed by atoms with Gasteiger partial charge in [0.15, 0.2) is 0 Å². The van der Waals surface area contributed by atoms with E-state index in [1.807, 2.05) is 55.5 Å². The first-order chi connectivity index (χ1) is 11.2. The lowest BCUT2D eigenvalue weighted by Crippen LogP contribution is -2.23. The van der Waals surface area contributed by atoms with Crippen LogP contribution in [0.5, 0.6) is 0 Å². The number of anilines is 1. The van der Waals surface area contributed by atoms with Crippen LogP contribution >= 0.6 is 0 Å².